The molecule has 2 unspecified atom stereocenters. The van der Waals surface area contributed by atoms with Gasteiger partial charge in [-0.05, 0) is 31.4 Å². The SMILES string of the molecule is CC1(N)CCCCC1C(=O)Nc1ncc(Cc2ccccc2F)s1. The predicted octanol–water partition coefficient (Wildman–Crippen LogP) is 3.72. The molecule has 4 nitrogen and oxygen atoms in total. The Morgan fingerprint density at radius 3 is 3.00 bits per heavy atom. The number of benzene rings is 1. The topological polar surface area (TPSA) is 68.0 Å². The molecular weight excluding hydrogens is 325 g/mol. The van der Waals surface area contributed by atoms with E-state index in [1.807, 2.05) is 13.0 Å². The number of carbonyl (C=O) groups is 1. The molecule has 0 aliphatic heterocycles. The third-order valence-corrected chi connectivity index (χ3v) is 5.59. The summed E-state index contributed by atoms with van der Waals surface area (Å²) in [5.74, 6) is -0.478. The highest BCUT2D eigenvalue weighted by atomic mass is 32.1. The second kappa shape index (κ2) is 6.99. The van der Waals surface area contributed by atoms with Crippen LogP contribution in [0.4, 0.5) is 9.52 Å². The van der Waals surface area contributed by atoms with E-state index >= 15 is 0 Å². The highest BCUT2D eigenvalue weighted by Crippen LogP contribution is 2.33. The summed E-state index contributed by atoms with van der Waals surface area (Å²) in [6.45, 7) is 1.95. The maximum absolute atomic E-state index is 13.7. The van der Waals surface area contributed by atoms with Crippen molar-refractivity contribution in [1.82, 2.24) is 4.98 Å². The summed E-state index contributed by atoms with van der Waals surface area (Å²) < 4.78 is 13.7. The van der Waals surface area contributed by atoms with Gasteiger partial charge in [-0.2, -0.15) is 0 Å². The summed E-state index contributed by atoms with van der Waals surface area (Å²) in [6, 6.07) is 6.69. The van der Waals surface area contributed by atoms with Crippen LogP contribution in [0.5, 0.6) is 0 Å². The minimum Gasteiger partial charge on any atom is -0.325 e. The van der Waals surface area contributed by atoms with Crippen molar-refractivity contribution in [2.45, 2.75) is 44.6 Å². The number of carbonyl (C=O) groups excluding carboxylic acids is 1. The van der Waals surface area contributed by atoms with Crippen LogP contribution in [0.25, 0.3) is 0 Å². The maximum Gasteiger partial charge on any atom is 0.231 e. The molecule has 128 valence electrons. The smallest absolute Gasteiger partial charge is 0.231 e. The number of nitrogens with one attached hydrogen (secondary N) is 1. The fourth-order valence-corrected chi connectivity index (χ4v) is 4.10. The number of nitrogens with zero attached hydrogens (tertiary/aromatic N) is 1. The van der Waals surface area contributed by atoms with Crippen molar-refractivity contribution in [3.63, 3.8) is 0 Å². The summed E-state index contributed by atoms with van der Waals surface area (Å²) in [7, 11) is 0. The van der Waals surface area contributed by atoms with Gasteiger partial charge >= 0.3 is 0 Å². The third-order valence-electron chi connectivity index (χ3n) is 4.68. The molecule has 0 radical (unpaired) electrons. The van der Waals surface area contributed by atoms with E-state index < -0.39 is 5.54 Å². The fourth-order valence-electron chi connectivity index (χ4n) is 3.26. The van der Waals surface area contributed by atoms with Gasteiger partial charge < -0.3 is 11.1 Å². The first-order valence-corrected chi connectivity index (χ1v) is 9.05. The highest BCUT2D eigenvalue weighted by Gasteiger charge is 2.38. The molecule has 1 aromatic heterocycles. The number of amides is 1. The molecular formula is C18H22FN3OS. The molecule has 0 spiro atoms. The number of rotatable bonds is 4. The Morgan fingerprint density at radius 1 is 1.46 bits per heavy atom. The van der Waals surface area contributed by atoms with Crippen LogP contribution in [0, 0.1) is 11.7 Å². The van der Waals surface area contributed by atoms with Gasteiger partial charge in [-0.1, -0.05) is 31.0 Å². The van der Waals surface area contributed by atoms with Crippen molar-refractivity contribution in [3.05, 3.63) is 46.7 Å². The van der Waals surface area contributed by atoms with E-state index in [0.717, 1.165) is 30.6 Å². The lowest BCUT2D eigenvalue weighted by molar-refractivity contribution is -0.122. The standard InChI is InChI=1S/C18H22FN3OS/c1-18(20)9-5-4-7-14(18)16(23)22-17-21-11-13(24-17)10-12-6-2-3-8-15(12)19/h2-3,6,8,11,14H,4-5,7,9-10,20H2,1H3,(H,21,22,23). The lowest BCUT2D eigenvalue weighted by atomic mass is 9.74. The van der Waals surface area contributed by atoms with Crippen molar-refractivity contribution in [2.24, 2.45) is 11.7 Å². The molecule has 2 atom stereocenters. The van der Waals surface area contributed by atoms with E-state index in [2.05, 4.69) is 10.3 Å². The zero-order chi connectivity index (χ0) is 17.2. The average molecular weight is 347 g/mol. The van der Waals surface area contributed by atoms with Crippen molar-refractivity contribution in [3.8, 4) is 0 Å². The van der Waals surface area contributed by atoms with E-state index in [0.29, 0.717) is 17.1 Å². The Bertz CT molecular complexity index is 729. The number of hydrogen-bond acceptors (Lipinski definition) is 4. The molecule has 1 aromatic carbocycles. The third kappa shape index (κ3) is 3.82. The molecule has 2 aromatic rings. The lowest BCUT2D eigenvalue weighted by Gasteiger charge is -2.36. The van der Waals surface area contributed by atoms with Gasteiger partial charge in [0.15, 0.2) is 5.13 Å². The van der Waals surface area contributed by atoms with Gasteiger partial charge in [-0.15, -0.1) is 11.3 Å². The Labute approximate surface area is 145 Å². The average Bonchev–Trinajstić information content (AvgIpc) is 2.96. The quantitative estimate of drug-likeness (QED) is 0.886. The Balaban J connectivity index is 1.65. The monoisotopic (exact) mass is 347 g/mol. The lowest BCUT2D eigenvalue weighted by Crippen LogP contribution is -2.51. The Kier molecular flexibility index (Phi) is 4.96. The molecule has 0 saturated heterocycles. The van der Waals surface area contributed by atoms with Crippen molar-refractivity contribution < 1.29 is 9.18 Å². The number of hydrogen-bond donors (Lipinski definition) is 2. The predicted molar refractivity (Wildman–Crippen MR) is 94.5 cm³/mol. The van der Waals surface area contributed by atoms with Crippen molar-refractivity contribution in [1.29, 1.82) is 0 Å². The van der Waals surface area contributed by atoms with Crippen LogP contribution in [0.2, 0.25) is 0 Å². The molecule has 1 saturated carbocycles. The molecule has 1 aliphatic rings. The summed E-state index contributed by atoms with van der Waals surface area (Å²) >= 11 is 1.38. The first-order valence-electron chi connectivity index (χ1n) is 8.23. The van der Waals surface area contributed by atoms with Crippen LogP contribution in [0.3, 0.4) is 0 Å². The molecule has 1 aliphatic carbocycles. The zero-order valence-corrected chi connectivity index (χ0v) is 14.5. The minimum atomic E-state index is -0.463. The van der Waals surface area contributed by atoms with Gasteiger partial charge in [0.2, 0.25) is 5.91 Å². The number of halogens is 1. The molecule has 6 heteroatoms. The van der Waals surface area contributed by atoms with Gasteiger partial charge in [0.05, 0.1) is 5.92 Å². The fraction of sp³-hybridized carbons (Fsp3) is 0.444. The summed E-state index contributed by atoms with van der Waals surface area (Å²) in [4.78, 5) is 17.7. The van der Waals surface area contributed by atoms with Crippen LogP contribution < -0.4 is 11.1 Å². The highest BCUT2D eigenvalue weighted by molar-refractivity contribution is 7.15. The van der Waals surface area contributed by atoms with E-state index in [1.54, 1.807) is 18.3 Å². The maximum atomic E-state index is 13.7. The van der Waals surface area contributed by atoms with Gasteiger partial charge in [-0.25, -0.2) is 9.37 Å². The van der Waals surface area contributed by atoms with Gasteiger partial charge in [0.25, 0.3) is 0 Å². The largest absolute Gasteiger partial charge is 0.325 e. The molecule has 3 rings (SSSR count). The summed E-state index contributed by atoms with van der Waals surface area (Å²) in [5, 5.41) is 3.43. The molecule has 1 fully saturated rings. The van der Waals surface area contributed by atoms with Gasteiger partial charge in [-0.3, -0.25) is 4.79 Å². The number of thiazole rings is 1. The Morgan fingerprint density at radius 2 is 2.25 bits per heavy atom. The second-order valence-corrected chi connectivity index (χ2v) is 7.81. The van der Waals surface area contributed by atoms with E-state index in [4.69, 9.17) is 5.73 Å². The van der Waals surface area contributed by atoms with Crippen LogP contribution in [0.15, 0.2) is 30.5 Å². The molecule has 0 bridgehead atoms. The first-order chi connectivity index (χ1) is 11.5. The van der Waals surface area contributed by atoms with Crippen LogP contribution in [0.1, 0.15) is 43.0 Å². The Hall–Kier alpha value is -1.79. The molecule has 24 heavy (non-hydrogen) atoms. The van der Waals surface area contributed by atoms with Gasteiger partial charge in [0, 0.05) is 23.0 Å². The van der Waals surface area contributed by atoms with Crippen LogP contribution in [-0.2, 0) is 11.2 Å². The molecule has 3 N–H and O–H groups in total. The zero-order valence-electron chi connectivity index (χ0n) is 13.7. The van der Waals surface area contributed by atoms with Gasteiger partial charge in [0.1, 0.15) is 5.82 Å². The van der Waals surface area contributed by atoms with Crippen molar-refractivity contribution in [2.75, 3.05) is 5.32 Å². The minimum absolute atomic E-state index is 0.0634. The molecule has 1 amide bonds. The van der Waals surface area contributed by atoms with Crippen molar-refractivity contribution >= 4 is 22.4 Å². The second-order valence-electron chi connectivity index (χ2n) is 6.69. The number of anilines is 1. The van der Waals surface area contributed by atoms with E-state index in [1.165, 1.54) is 17.4 Å². The van der Waals surface area contributed by atoms with Crippen LogP contribution >= 0.6 is 11.3 Å². The van der Waals surface area contributed by atoms with E-state index in [-0.39, 0.29) is 17.6 Å². The number of nitrogens with two attached hydrogens (primary N) is 1. The van der Waals surface area contributed by atoms with E-state index in [9.17, 15) is 9.18 Å². The number of aromatic nitrogens is 1. The first kappa shape index (κ1) is 17.0. The molecule has 1 heterocycles. The summed E-state index contributed by atoms with van der Waals surface area (Å²) in [6.07, 6.45) is 5.93. The normalized spacial score (nSPS) is 23.9. The summed E-state index contributed by atoms with van der Waals surface area (Å²) in [5.41, 5.74) is 6.44. The van der Waals surface area contributed by atoms with Crippen LogP contribution in [-0.4, -0.2) is 16.4 Å².